The summed E-state index contributed by atoms with van der Waals surface area (Å²) in [4.78, 5) is 38.2. The van der Waals surface area contributed by atoms with Gasteiger partial charge >= 0.3 is 0 Å². The van der Waals surface area contributed by atoms with Crippen molar-refractivity contribution in [3.63, 3.8) is 0 Å². The number of thiazole rings is 1. The normalized spacial score (nSPS) is 14.8. The third kappa shape index (κ3) is 3.49. The van der Waals surface area contributed by atoms with E-state index in [0.29, 0.717) is 13.1 Å². The van der Waals surface area contributed by atoms with Crippen LogP contribution >= 0.6 is 27.3 Å². The highest BCUT2D eigenvalue weighted by Gasteiger charge is 2.23. The summed E-state index contributed by atoms with van der Waals surface area (Å²) >= 11 is 4.90. The molecule has 1 aliphatic heterocycles. The van der Waals surface area contributed by atoms with E-state index in [4.69, 9.17) is 0 Å². The molecule has 1 aliphatic rings. The van der Waals surface area contributed by atoms with E-state index < -0.39 is 0 Å². The number of rotatable bonds is 3. The number of hydrogen-bond donors (Lipinski definition) is 0. The van der Waals surface area contributed by atoms with Crippen LogP contribution in [0.25, 0.3) is 10.3 Å². The molecule has 0 bridgehead atoms. The third-order valence-electron chi connectivity index (χ3n) is 4.31. The van der Waals surface area contributed by atoms with Crippen LogP contribution in [0.4, 0.5) is 5.13 Å². The lowest BCUT2D eigenvalue weighted by atomic mass is 10.3. The maximum atomic E-state index is 12.5. The van der Waals surface area contributed by atoms with E-state index in [1.807, 2.05) is 12.1 Å². The Bertz CT molecular complexity index is 977. The summed E-state index contributed by atoms with van der Waals surface area (Å²) in [6.45, 7) is 2.73. The molecule has 26 heavy (non-hydrogen) atoms. The SMILES string of the molecule is O=C(Cn1cc(Br)ccc1=O)N1CCN(c2nc3cccnc3s2)CC1. The summed E-state index contributed by atoms with van der Waals surface area (Å²) < 4.78 is 2.21. The number of aromatic nitrogens is 3. The summed E-state index contributed by atoms with van der Waals surface area (Å²) in [5.74, 6) is -0.0455. The number of anilines is 1. The Balaban J connectivity index is 1.40. The van der Waals surface area contributed by atoms with Gasteiger partial charge in [-0.05, 0) is 34.1 Å². The maximum absolute atomic E-state index is 12.5. The van der Waals surface area contributed by atoms with Crippen molar-refractivity contribution < 1.29 is 4.79 Å². The Morgan fingerprint density at radius 3 is 2.77 bits per heavy atom. The van der Waals surface area contributed by atoms with E-state index in [1.165, 1.54) is 10.6 Å². The topological polar surface area (TPSA) is 71.3 Å². The Kier molecular flexibility index (Phi) is 4.73. The summed E-state index contributed by atoms with van der Waals surface area (Å²) in [5.41, 5.74) is 0.724. The minimum atomic E-state index is -0.179. The fourth-order valence-electron chi connectivity index (χ4n) is 2.91. The van der Waals surface area contributed by atoms with Crippen LogP contribution in [-0.2, 0) is 11.3 Å². The quantitative estimate of drug-likeness (QED) is 0.631. The first kappa shape index (κ1) is 17.2. The minimum absolute atomic E-state index is 0.0455. The van der Waals surface area contributed by atoms with Crippen molar-refractivity contribution in [1.82, 2.24) is 19.4 Å². The molecule has 0 unspecified atom stereocenters. The molecule has 1 fully saturated rings. The Hall–Kier alpha value is -2.26. The molecule has 0 radical (unpaired) electrons. The fraction of sp³-hybridized carbons (Fsp3) is 0.294. The molecule has 4 rings (SSSR count). The van der Waals surface area contributed by atoms with Crippen molar-refractivity contribution in [1.29, 1.82) is 0 Å². The van der Waals surface area contributed by atoms with Gasteiger partial charge in [0, 0.05) is 49.1 Å². The van der Waals surface area contributed by atoms with E-state index in [9.17, 15) is 9.59 Å². The number of fused-ring (bicyclic) bond motifs is 1. The monoisotopic (exact) mass is 433 g/mol. The van der Waals surface area contributed by atoms with Crippen molar-refractivity contribution in [2.45, 2.75) is 6.54 Å². The van der Waals surface area contributed by atoms with Gasteiger partial charge in [0.05, 0.1) is 0 Å². The van der Waals surface area contributed by atoms with Gasteiger partial charge in [-0.3, -0.25) is 9.59 Å². The van der Waals surface area contributed by atoms with Gasteiger partial charge in [-0.1, -0.05) is 11.3 Å². The minimum Gasteiger partial charge on any atom is -0.344 e. The Morgan fingerprint density at radius 2 is 2.00 bits per heavy atom. The molecule has 134 valence electrons. The van der Waals surface area contributed by atoms with Gasteiger partial charge in [0.2, 0.25) is 5.91 Å². The number of carbonyl (C=O) groups excluding carboxylic acids is 1. The Labute approximate surface area is 162 Å². The van der Waals surface area contributed by atoms with E-state index >= 15 is 0 Å². The van der Waals surface area contributed by atoms with Gasteiger partial charge in [0.15, 0.2) is 5.13 Å². The van der Waals surface area contributed by atoms with E-state index in [0.717, 1.165) is 33.0 Å². The van der Waals surface area contributed by atoms with Crippen LogP contribution in [-0.4, -0.2) is 51.5 Å². The van der Waals surface area contributed by atoms with E-state index in [-0.39, 0.29) is 18.0 Å². The zero-order valence-corrected chi connectivity index (χ0v) is 16.2. The summed E-state index contributed by atoms with van der Waals surface area (Å²) in [7, 11) is 0. The first-order valence-corrected chi connectivity index (χ1v) is 9.81. The van der Waals surface area contributed by atoms with Gasteiger partial charge in [-0.15, -0.1) is 0 Å². The first-order valence-electron chi connectivity index (χ1n) is 8.20. The van der Waals surface area contributed by atoms with Crippen LogP contribution in [0, 0.1) is 0 Å². The second kappa shape index (κ2) is 7.16. The van der Waals surface area contributed by atoms with Gasteiger partial charge < -0.3 is 14.4 Å². The molecule has 0 atom stereocenters. The largest absolute Gasteiger partial charge is 0.344 e. The lowest BCUT2D eigenvalue weighted by Gasteiger charge is -2.34. The smallest absolute Gasteiger partial charge is 0.251 e. The molecule has 1 amide bonds. The highest BCUT2D eigenvalue weighted by molar-refractivity contribution is 9.10. The van der Waals surface area contributed by atoms with Crippen LogP contribution in [0.2, 0.25) is 0 Å². The van der Waals surface area contributed by atoms with Crippen molar-refractivity contribution in [3.05, 3.63) is 51.5 Å². The standard InChI is InChI=1S/C17H16BrN5O2S/c18-12-3-4-14(24)23(10-12)11-15(25)21-6-8-22(9-7-21)17-20-13-2-1-5-19-16(13)26-17/h1-5,10H,6-9,11H2. The number of hydrogen-bond acceptors (Lipinski definition) is 6. The number of nitrogens with zero attached hydrogens (tertiary/aromatic N) is 5. The van der Waals surface area contributed by atoms with Gasteiger partial charge in [0.25, 0.3) is 5.56 Å². The van der Waals surface area contributed by atoms with Crippen LogP contribution < -0.4 is 10.5 Å². The highest BCUT2D eigenvalue weighted by Crippen LogP contribution is 2.27. The van der Waals surface area contributed by atoms with Crippen molar-refractivity contribution in [3.8, 4) is 0 Å². The Morgan fingerprint density at radius 1 is 1.19 bits per heavy atom. The lowest BCUT2D eigenvalue weighted by molar-refractivity contribution is -0.132. The van der Waals surface area contributed by atoms with Crippen LogP contribution in [0.5, 0.6) is 0 Å². The first-order chi connectivity index (χ1) is 12.6. The number of amides is 1. The molecule has 0 aromatic carbocycles. The molecule has 1 saturated heterocycles. The molecule has 3 aromatic heterocycles. The zero-order valence-electron chi connectivity index (χ0n) is 13.8. The van der Waals surface area contributed by atoms with E-state index in [1.54, 1.807) is 34.7 Å². The molecule has 0 spiro atoms. The number of pyridine rings is 2. The average molecular weight is 434 g/mol. The fourth-order valence-corrected chi connectivity index (χ4v) is 4.25. The zero-order chi connectivity index (χ0) is 18.1. The molecule has 0 N–H and O–H groups in total. The molecule has 9 heteroatoms. The summed E-state index contributed by atoms with van der Waals surface area (Å²) in [5, 5.41) is 0.939. The van der Waals surface area contributed by atoms with E-state index in [2.05, 4.69) is 30.8 Å². The third-order valence-corrected chi connectivity index (χ3v) is 5.82. The predicted molar refractivity (Wildman–Crippen MR) is 105 cm³/mol. The highest BCUT2D eigenvalue weighted by atomic mass is 79.9. The number of halogens is 1. The average Bonchev–Trinajstić information content (AvgIpc) is 3.09. The second-order valence-electron chi connectivity index (χ2n) is 6.01. The van der Waals surface area contributed by atoms with Crippen LogP contribution in [0.3, 0.4) is 0 Å². The van der Waals surface area contributed by atoms with Crippen molar-refractivity contribution >= 4 is 48.7 Å². The van der Waals surface area contributed by atoms with Gasteiger partial charge in [-0.2, -0.15) is 0 Å². The molecule has 4 heterocycles. The summed E-state index contributed by atoms with van der Waals surface area (Å²) in [6.07, 6.45) is 3.41. The summed E-state index contributed by atoms with van der Waals surface area (Å²) in [6, 6.07) is 6.97. The van der Waals surface area contributed by atoms with Gasteiger partial charge in [0.1, 0.15) is 16.9 Å². The molecular formula is C17H16BrN5O2S. The second-order valence-corrected chi connectivity index (χ2v) is 7.88. The molecular weight excluding hydrogens is 418 g/mol. The lowest BCUT2D eigenvalue weighted by Crippen LogP contribution is -2.50. The predicted octanol–water partition coefficient (Wildman–Crippen LogP) is 1.96. The molecule has 0 aliphatic carbocycles. The maximum Gasteiger partial charge on any atom is 0.251 e. The van der Waals surface area contributed by atoms with Crippen molar-refractivity contribution in [2.24, 2.45) is 0 Å². The molecule has 7 nitrogen and oxygen atoms in total. The molecule has 0 saturated carbocycles. The van der Waals surface area contributed by atoms with Gasteiger partial charge in [-0.25, -0.2) is 9.97 Å². The van der Waals surface area contributed by atoms with Crippen LogP contribution in [0.1, 0.15) is 0 Å². The number of piperazine rings is 1. The van der Waals surface area contributed by atoms with Crippen molar-refractivity contribution in [2.75, 3.05) is 31.1 Å². The number of carbonyl (C=O) groups is 1. The molecule has 3 aromatic rings. The van der Waals surface area contributed by atoms with Crippen LogP contribution in [0.15, 0.2) is 45.9 Å².